The summed E-state index contributed by atoms with van der Waals surface area (Å²) in [6, 6.07) is 7.69. The Hall–Kier alpha value is -3.67. The van der Waals surface area contributed by atoms with Crippen LogP contribution in [0.5, 0.6) is 11.5 Å². The lowest BCUT2D eigenvalue weighted by molar-refractivity contribution is -0.385. The topological polar surface area (TPSA) is 146 Å². The summed E-state index contributed by atoms with van der Waals surface area (Å²) in [6.07, 6.45) is 0.570. The summed E-state index contributed by atoms with van der Waals surface area (Å²) in [5.74, 6) is -0.0588. The van der Waals surface area contributed by atoms with Crippen LogP contribution in [0.4, 0.5) is 10.5 Å². The van der Waals surface area contributed by atoms with E-state index in [1.54, 1.807) is 6.92 Å². The van der Waals surface area contributed by atoms with Gasteiger partial charge in [0.1, 0.15) is 4.90 Å². The molecule has 0 radical (unpaired) electrons. The fourth-order valence-corrected chi connectivity index (χ4v) is 3.22. The Morgan fingerprint density at radius 1 is 1.23 bits per heavy atom. The maximum absolute atomic E-state index is 12.6. The van der Waals surface area contributed by atoms with Gasteiger partial charge in [0.25, 0.3) is 5.69 Å². The largest absolute Gasteiger partial charge is 0.493 e. The Morgan fingerprint density at radius 3 is 2.60 bits per heavy atom. The highest BCUT2D eigenvalue weighted by atomic mass is 32.2. The maximum Gasteiger partial charge on any atom is 0.427 e. The number of hydrogen-bond acceptors (Lipinski definition) is 9. The second-order valence-corrected chi connectivity index (χ2v) is 7.29. The van der Waals surface area contributed by atoms with Crippen molar-refractivity contribution in [3.05, 3.63) is 57.6 Å². The molecule has 0 aromatic heterocycles. The molecule has 0 aliphatic carbocycles. The molecule has 30 heavy (non-hydrogen) atoms. The highest BCUT2D eigenvalue weighted by molar-refractivity contribution is 7.87. The van der Waals surface area contributed by atoms with Crippen molar-refractivity contribution in [3.8, 4) is 11.5 Å². The van der Waals surface area contributed by atoms with Crippen LogP contribution in [0.2, 0.25) is 0 Å². The molecule has 0 atom stereocenters. The number of nitrogens with one attached hydrogen (secondary N) is 1. The number of nitro benzene ring substituents is 1. The second kappa shape index (κ2) is 9.69. The summed E-state index contributed by atoms with van der Waals surface area (Å²) in [5, 5.41) is 14.8. The summed E-state index contributed by atoms with van der Waals surface area (Å²) in [7, 11) is -3.05. The first-order valence-corrected chi connectivity index (χ1v) is 9.92. The zero-order valence-corrected chi connectivity index (χ0v) is 17.1. The normalized spacial score (nSPS) is 11.2. The molecule has 160 valence electrons. The van der Waals surface area contributed by atoms with E-state index in [1.807, 2.05) is 0 Å². The molecule has 12 heteroatoms. The number of methoxy groups -OCH3 is 1. The number of nitro groups is 1. The highest BCUT2D eigenvalue weighted by Gasteiger charge is 2.23. The van der Waals surface area contributed by atoms with Crippen molar-refractivity contribution in [2.45, 2.75) is 18.7 Å². The fourth-order valence-electron chi connectivity index (χ4n) is 2.26. The summed E-state index contributed by atoms with van der Waals surface area (Å²) in [6.45, 7) is 3.34. The van der Waals surface area contributed by atoms with Gasteiger partial charge < -0.3 is 13.7 Å². The first kappa shape index (κ1) is 22.6. The van der Waals surface area contributed by atoms with E-state index in [0.717, 1.165) is 6.07 Å². The lowest BCUT2D eigenvalue weighted by Gasteiger charge is -2.11. The Labute approximate surface area is 172 Å². The number of hydrogen-bond donors (Lipinski definition) is 1. The predicted octanol–water partition coefficient (Wildman–Crippen LogP) is 2.76. The van der Waals surface area contributed by atoms with E-state index >= 15 is 0 Å². The number of benzene rings is 2. The third-order valence-corrected chi connectivity index (χ3v) is 4.93. The molecule has 1 amide bonds. The number of carbonyl (C=O) groups is 1. The average Bonchev–Trinajstić information content (AvgIpc) is 2.69. The van der Waals surface area contributed by atoms with Gasteiger partial charge in [-0.25, -0.2) is 10.2 Å². The first-order valence-electron chi connectivity index (χ1n) is 8.51. The van der Waals surface area contributed by atoms with Crippen molar-refractivity contribution in [1.29, 1.82) is 0 Å². The number of nitrogens with zero attached hydrogens (tertiary/aromatic N) is 2. The van der Waals surface area contributed by atoms with Crippen LogP contribution >= 0.6 is 0 Å². The van der Waals surface area contributed by atoms with Crippen LogP contribution < -0.4 is 14.3 Å². The molecule has 0 spiro atoms. The predicted molar refractivity (Wildman–Crippen MR) is 106 cm³/mol. The van der Waals surface area contributed by atoms with Gasteiger partial charge in [0.15, 0.2) is 11.5 Å². The second-order valence-electron chi connectivity index (χ2n) is 5.74. The Kier molecular flexibility index (Phi) is 7.31. The maximum atomic E-state index is 12.6. The minimum atomic E-state index is -4.36. The summed E-state index contributed by atoms with van der Waals surface area (Å²) < 4.78 is 40.0. The molecule has 0 fully saturated rings. The molecule has 2 aromatic rings. The van der Waals surface area contributed by atoms with E-state index in [9.17, 15) is 23.3 Å². The Balaban J connectivity index is 2.25. The molecule has 1 N–H and O–H groups in total. The average molecular weight is 437 g/mol. The number of hydrazone groups is 1. The van der Waals surface area contributed by atoms with E-state index in [2.05, 4.69) is 15.3 Å². The fraction of sp³-hybridized carbons (Fsp3) is 0.222. The lowest BCUT2D eigenvalue weighted by Crippen LogP contribution is -2.18. The van der Waals surface area contributed by atoms with Crippen molar-refractivity contribution >= 4 is 28.1 Å². The van der Waals surface area contributed by atoms with Gasteiger partial charge in [-0.05, 0) is 43.7 Å². The SMILES string of the molecule is CCOC(=O)N/N=C\c1ccc(OS(=O)(=O)c2ccc(C)c([N+](=O)[O-])c2)c(OC)c1. The minimum Gasteiger partial charge on any atom is -0.493 e. The zero-order chi connectivity index (χ0) is 22.3. The van der Waals surface area contributed by atoms with Crippen LogP contribution in [0.25, 0.3) is 0 Å². The quantitative estimate of drug-likeness (QED) is 0.287. The van der Waals surface area contributed by atoms with Gasteiger partial charge in [-0.2, -0.15) is 13.5 Å². The van der Waals surface area contributed by atoms with Crippen LogP contribution in [-0.2, 0) is 14.9 Å². The molecule has 0 heterocycles. The van der Waals surface area contributed by atoms with Gasteiger partial charge in [0, 0.05) is 11.6 Å². The molecule has 2 rings (SSSR count). The van der Waals surface area contributed by atoms with Gasteiger partial charge in [0.2, 0.25) is 0 Å². The summed E-state index contributed by atoms with van der Waals surface area (Å²) in [4.78, 5) is 21.2. The number of aryl methyl sites for hydroxylation is 1. The van der Waals surface area contributed by atoms with Gasteiger partial charge in [0.05, 0.1) is 24.9 Å². The standard InChI is InChI=1S/C18H19N3O8S/c1-4-28-18(22)20-19-11-13-6-8-16(17(9-13)27-3)29-30(25,26)14-7-5-12(2)15(10-14)21(23)24/h5-11H,4H2,1-3H3,(H,20,22)/b19-11-. The van der Waals surface area contributed by atoms with Crippen LogP contribution in [0.1, 0.15) is 18.1 Å². The molecule has 0 aliphatic heterocycles. The van der Waals surface area contributed by atoms with Gasteiger partial charge >= 0.3 is 16.2 Å². The number of ether oxygens (including phenoxy) is 2. The number of rotatable bonds is 8. The molecule has 0 unspecified atom stereocenters. The van der Waals surface area contributed by atoms with E-state index in [4.69, 9.17) is 8.92 Å². The van der Waals surface area contributed by atoms with Crippen molar-refractivity contribution in [1.82, 2.24) is 5.43 Å². The first-order chi connectivity index (χ1) is 14.2. The summed E-state index contributed by atoms with van der Waals surface area (Å²) in [5.41, 5.74) is 2.60. The molecule has 0 saturated carbocycles. The van der Waals surface area contributed by atoms with E-state index in [-0.39, 0.29) is 28.7 Å². The van der Waals surface area contributed by atoms with Crippen LogP contribution in [0, 0.1) is 17.0 Å². The van der Waals surface area contributed by atoms with E-state index < -0.39 is 21.1 Å². The summed E-state index contributed by atoms with van der Waals surface area (Å²) >= 11 is 0. The minimum absolute atomic E-state index is 0.0697. The lowest BCUT2D eigenvalue weighted by atomic mass is 10.2. The smallest absolute Gasteiger partial charge is 0.427 e. The monoisotopic (exact) mass is 437 g/mol. The number of amides is 1. The molecule has 0 bridgehead atoms. The van der Waals surface area contributed by atoms with Crippen LogP contribution in [0.3, 0.4) is 0 Å². The van der Waals surface area contributed by atoms with E-state index in [1.165, 1.54) is 50.6 Å². The molecule has 2 aromatic carbocycles. The van der Waals surface area contributed by atoms with Crippen LogP contribution in [-0.4, -0.2) is 39.4 Å². The molecule has 11 nitrogen and oxygen atoms in total. The molecular formula is C18H19N3O8S. The van der Waals surface area contributed by atoms with Crippen molar-refractivity contribution < 1.29 is 31.8 Å². The Bertz CT molecular complexity index is 1080. The van der Waals surface area contributed by atoms with Gasteiger partial charge in [-0.3, -0.25) is 10.1 Å². The molecule has 0 aliphatic rings. The Morgan fingerprint density at radius 2 is 1.97 bits per heavy atom. The van der Waals surface area contributed by atoms with Crippen molar-refractivity contribution in [2.75, 3.05) is 13.7 Å². The highest BCUT2D eigenvalue weighted by Crippen LogP contribution is 2.31. The van der Waals surface area contributed by atoms with Crippen molar-refractivity contribution in [3.63, 3.8) is 0 Å². The third-order valence-electron chi connectivity index (χ3n) is 3.70. The number of carbonyl (C=O) groups excluding carboxylic acids is 1. The van der Waals surface area contributed by atoms with Crippen LogP contribution in [0.15, 0.2) is 46.4 Å². The van der Waals surface area contributed by atoms with Gasteiger partial charge in [-0.1, -0.05) is 6.07 Å². The third kappa shape index (κ3) is 5.67. The van der Waals surface area contributed by atoms with Crippen molar-refractivity contribution in [2.24, 2.45) is 5.10 Å². The molecular weight excluding hydrogens is 418 g/mol. The zero-order valence-electron chi connectivity index (χ0n) is 16.3. The van der Waals surface area contributed by atoms with Gasteiger partial charge in [-0.15, -0.1) is 0 Å². The molecule has 0 saturated heterocycles. The van der Waals surface area contributed by atoms with E-state index in [0.29, 0.717) is 11.1 Å².